The summed E-state index contributed by atoms with van der Waals surface area (Å²) in [6, 6.07) is -0.391. The molecule has 7 heteroatoms. The highest BCUT2D eigenvalue weighted by Crippen LogP contribution is 2.34. The van der Waals surface area contributed by atoms with Gasteiger partial charge >= 0.3 is 12.0 Å². The summed E-state index contributed by atoms with van der Waals surface area (Å²) in [7, 11) is 0. The van der Waals surface area contributed by atoms with Crippen LogP contribution in [0.25, 0.3) is 0 Å². The fourth-order valence-electron chi connectivity index (χ4n) is 2.52. The van der Waals surface area contributed by atoms with Gasteiger partial charge in [0.15, 0.2) is 0 Å². The average molecular weight is 280 g/mol. The Morgan fingerprint density at radius 1 is 1.65 bits per heavy atom. The number of carbonyl (C=O) groups excluding carboxylic acids is 1. The number of hydrogen-bond acceptors (Lipinski definition) is 3. The van der Waals surface area contributed by atoms with Crippen LogP contribution < -0.4 is 5.32 Å². The van der Waals surface area contributed by atoms with Gasteiger partial charge in [-0.3, -0.25) is 9.89 Å². The van der Waals surface area contributed by atoms with Gasteiger partial charge < -0.3 is 15.3 Å². The van der Waals surface area contributed by atoms with Crippen molar-refractivity contribution in [3.05, 3.63) is 18.0 Å². The van der Waals surface area contributed by atoms with Crippen LogP contribution in [0.3, 0.4) is 0 Å². The number of H-pyrrole nitrogens is 1. The van der Waals surface area contributed by atoms with Gasteiger partial charge in [0.05, 0.1) is 17.7 Å². The Bertz CT molecular complexity index is 488. The van der Waals surface area contributed by atoms with Crippen molar-refractivity contribution in [2.75, 3.05) is 13.1 Å². The number of carboxylic acids is 1. The molecule has 3 N–H and O–H groups in total. The van der Waals surface area contributed by atoms with E-state index in [9.17, 15) is 14.7 Å². The first-order valence-corrected chi connectivity index (χ1v) is 6.76. The summed E-state index contributed by atoms with van der Waals surface area (Å²) in [5, 5.41) is 18.7. The molecule has 0 saturated carbocycles. The number of aliphatic carboxylic acids is 1. The Morgan fingerprint density at radius 3 is 2.90 bits per heavy atom. The molecule has 1 saturated heterocycles. The topological polar surface area (TPSA) is 98.3 Å². The maximum atomic E-state index is 12.2. The van der Waals surface area contributed by atoms with Gasteiger partial charge in [0.1, 0.15) is 0 Å². The molecular formula is C13H20N4O3. The van der Waals surface area contributed by atoms with Crippen LogP contribution in [0.1, 0.15) is 38.3 Å². The SMILES string of the molecule is CCC1(C(=O)O)CCN(C(=O)NC(C)c2cn[nH]c2)C1. The molecule has 0 aliphatic carbocycles. The minimum Gasteiger partial charge on any atom is -0.481 e. The smallest absolute Gasteiger partial charge is 0.317 e. The number of nitrogens with zero attached hydrogens (tertiary/aromatic N) is 2. The van der Waals surface area contributed by atoms with Gasteiger partial charge in [-0.25, -0.2) is 4.79 Å². The molecular weight excluding hydrogens is 260 g/mol. The molecule has 2 atom stereocenters. The van der Waals surface area contributed by atoms with E-state index in [4.69, 9.17) is 0 Å². The molecule has 1 fully saturated rings. The number of hydrogen-bond donors (Lipinski definition) is 3. The van der Waals surface area contributed by atoms with E-state index in [1.54, 1.807) is 17.3 Å². The van der Waals surface area contributed by atoms with E-state index in [-0.39, 0.29) is 18.6 Å². The van der Waals surface area contributed by atoms with Crippen molar-refractivity contribution >= 4 is 12.0 Å². The van der Waals surface area contributed by atoms with Gasteiger partial charge in [-0.2, -0.15) is 5.10 Å². The molecule has 7 nitrogen and oxygen atoms in total. The Hall–Kier alpha value is -2.05. The summed E-state index contributed by atoms with van der Waals surface area (Å²) in [4.78, 5) is 25.1. The maximum Gasteiger partial charge on any atom is 0.317 e. The number of aromatic amines is 1. The molecule has 1 aromatic heterocycles. The lowest BCUT2D eigenvalue weighted by molar-refractivity contribution is -0.148. The molecule has 1 aliphatic heterocycles. The zero-order valence-corrected chi connectivity index (χ0v) is 11.7. The van der Waals surface area contributed by atoms with Crippen molar-refractivity contribution in [3.63, 3.8) is 0 Å². The van der Waals surface area contributed by atoms with Crippen molar-refractivity contribution in [2.45, 2.75) is 32.7 Å². The van der Waals surface area contributed by atoms with Crippen molar-refractivity contribution in [1.29, 1.82) is 0 Å². The average Bonchev–Trinajstić information content (AvgIpc) is 3.08. The third kappa shape index (κ3) is 2.61. The minimum absolute atomic E-state index is 0.164. The highest BCUT2D eigenvalue weighted by Gasteiger charge is 2.44. The summed E-state index contributed by atoms with van der Waals surface area (Å²) >= 11 is 0. The predicted molar refractivity (Wildman–Crippen MR) is 72.1 cm³/mol. The lowest BCUT2D eigenvalue weighted by Gasteiger charge is -2.24. The molecule has 20 heavy (non-hydrogen) atoms. The fraction of sp³-hybridized carbons (Fsp3) is 0.615. The van der Waals surface area contributed by atoms with Gasteiger partial charge in [0.25, 0.3) is 0 Å². The Labute approximate surface area is 117 Å². The molecule has 2 amide bonds. The van der Waals surface area contributed by atoms with Crippen LogP contribution in [0.5, 0.6) is 0 Å². The second-order valence-corrected chi connectivity index (χ2v) is 5.31. The van der Waals surface area contributed by atoms with Crippen LogP contribution in [0.15, 0.2) is 12.4 Å². The van der Waals surface area contributed by atoms with Crippen molar-refractivity contribution in [3.8, 4) is 0 Å². The second-order valence-electron chi connectivity index (χ2n) is 5.31. The molecule has 2 rings (SSSR count). The van der Waals surface area contributed by atoms with Crippen molar-refractivity contribution in [1.82, 2.24) is 20.4 Å². The fourth-order valence-corrected chi connectivity index (χ4v) is 2.52. The number of nitrogens with one attached hydrogen (secondary N) is 2. The van der Waals surface area contributed by atoms with Crippen LogP contribution in [-0.2, 0) is 4.79 Å². The largest absolute Gasteiger partial charge is 0.481 e. The zero-order chi connectivity index (χ0) is 14.8. The first kappa shape index (κ1) is 14.4. The number of amides is 2. The third-order valence-corrected chi connectivity index (χ3v) is 4.13. The number of carbonyl (C=O) groups is 2. The van der Waals surface area contributed by atoms with E-state index in [0.717, 1.165) is 5.56 Å². The van der Waals surface area contributed by atoms with Gasteiger partial charge in [0, 0.05) is 24.8 Å². The minimum atomic E-state index is -0.821. The number of rotatable bonds is 4. The second kappa shape index (κ2) is 5.52. The van der Waals surface area contributed by atoms with Crippen molar-refractivity contribution < 1.29 is 14.7 Å². The number of aromatic nitrogens is 2. The summed E-state index contributed by atoms with van der Waals surface area (Å²) < 4.78 is 0. The van der Waals surface area contributed by atoms with E-state index in [0.29, 0.717) is 19.4 Å². The van der Waals surface area contributed by atoms with Gasteiger partial charge in [0.2, 0.25) is 0 Å². The van der Waals surface area contributed by atoms with Gasteiger partial charge in [-0.15, -0.1) is 0 Å². The Morgan fingerprint density at radius 2 is 2.40 bits per heavy atom. The maximum absolute atomic E-state index is 12.2. The number of likely N-dealkylation sites (tertiary alicyclic amines) is 1. The summed E-state index contributed by atoms with van der Waals surface area (Å²) in [5.41, 5.74) is 0.0912. The Balaban J connectivity index is 1.96. The first-order chi connectivity index (χ1) is 9.48. The number of urea groups is 1. The normalized spacial score (nSPS) is 23.6. The van der Waals surface area contributed by atoms with E-state index in [2.05, 4.69) is 15.5 Å². The van der Waals surface area contributed by atoms with Crippen LogP contribution in [0, 0.1) is 5.41 Å². The lowest BCUT2D eigenvalue weighted by Crippen LogP contribution is -2.42. The molecule has 0 bridgehead atoms. The van der Waals surface area contributed by atoms with Crippen LogP contribution >= 0.6 is 0 Å². The lowest BCUT2D eigenvalue weighted by atomic mass is 9.84. The number of carboxylic acid groups (broad SMARTS) is 1. The van der Waals surface area contributed by atoms with Gasteiger partial charge in [-0.05, 0) is 19.8 Å². The monoisotopic (exact) mass is 280 g/mol. The predicted octanol–water partition coefficient (Wildman–Crippen LogP) is 1.37. The van der Waals surface area contributed by atoms with Crippen LogP contribution in [-0.4, -0.2) is 45.3 Å². The quantitative estimate of drug-likeness (QED) is 0.775. The van der Waals surface area contributed by atoms with E-state index in [1.165, 1.54) is 0 Å². The molecule has 110 valence electrons. The highest BCUT2D eigenvalue weighted by molar-refractivity contribution is 5.80. The molecule has 0 aromatic carbocycles. The van der Waals surface area contributed by atoms with Crippen LogP contribution in [0.4, 0.5) is 4.79 Å². The van der Waals surface area contributed by atoms with E-state index in [1.807, 2.05) is 13.8 Å². The molecule has 1 aliphatic rings. The first-order valence-electron chi connectivity index (χ1n) is 6.76. The standard InChI is InChI=1S/C13H20N4O3/c1-3-13(11(18)19)4-5-17(8-13)12(20)16-9(2)10-6-14-15-7-10/h6-7,9H,3-5,8H2,1-2H3,(H,14,15)(H,16,20)(H,18,19). The Kier molecular flexibility index (Phi) is 3.96. The summed E-state index contributed by atoms with van der Waals surface area (Å²) in [5.74, 6) is -0.821. The molecule has 2 heterocycles. The van der Waals surface area contributed by atoms with Crippen molar-refractivity contribution in [2.24, 2.45) is 5.41 Å². The molecule has 2 unspecified atom stereocenters. The van der Waals surface area contributed by atoms with E-state index >= 15 is 0 Å². The molecule has 0 radical (unpaired) electrons. The molecule has 0 spiro atoms. The van der Waals surface area contributed by atoms with Crippen LogP contribution in [0.2, 0.25) is 0 Å². The van der Waals surface area contributed by atoms with Gasteiger partial charge in [-0.1, -0.05) is 6.92 Å². The molecule has 1 aromatic rings. The summed E-state index contributed by atoms with van der Waals surface area (Å²) in [6.07, 6.45) is 4.42. The third-order valence-electron chi connectivity index (χ3n) is 4.13. The highest BCUT2D eigenvalue weighted by atomic mass is 16.4. The zero-order valence-electron chi connectivity index (χ0n) is 11.7. The van der Waals surface area contributed by atoms with E-state index < -0.39 is 11.4 Å². The summed E-state index contributed by atoms with van der Waals surface area (Å²) in [6.45, 7) is 4.46.